The van der Waals surface area contributed by atoms with Crippen molar-refractivity contribution in [3.05, 3.63) is 83.4 Å². The van der Waals surface area contributed by atoms with Gasteiger partial charge in [0.15, 0.2) is 6.61 Å². The molecule has 0 radical (unpaired) electrons. The van der Waals surface area contributed by atoms with E-state index in [1.807, 2.05) is 48.5 Å². The highest BCUT2D eigenvalue weighted by Crippen LogP contribution is 2.30. The minimum Gasteiger partial charge on any atom is -0.492 e. The molecule has 1 aliphatic heterocycles. The van der Waals surface area contributed by atoms with Crippen molar-refractivity contribution < 1.29 is 19.1 Å². The van der Waals surface area contributed by atoms with Gasteiger partial charge in [-0.25, -0.2) is 0 Å². The Morgan fingerprint density at radius 2 is 1.77 bits per heavy atom. The molecule has 158 valence electrons. The molecule has 3 aromatic carbocycles. The van der Waals surface area contributed by atoms with Crippen LogP contribution in [0.15, 0.2) is 72.8 Å². The Kier molecular flexibility index (Phi) is 6.38. The monoisotopic (exact) mass is 436 g/mol. The minimum atomic E-state index is -0.462. The van der Waals surface area contributed by atoms with Gasteiger partial charge >= 0.3 is 0 Å². The summed E-state index contributed by atoms with van der Waals surface area (Å²) in [5.41, 5.74) is 7.59. The van der Waals surface area contributed by atoms with Gasteiger partial charge in [0.2, 0.25) is 5.91 Å². The number of amides is 2. The van der Waals surface area contributed by atoms with Crippen LogP contribution < -0.4 is 20.3 Å². The molecule has 0 saturated heterocycles. The van der Waals surface area contributed by atoms with Crippen molar-refractivity contribution in [3.63, 3.8) is 0 Å². The first-order valence-electron chi connectivity index (χ1n) is 9.87. The van der Waals surface area contributed by atoms with Crippen LogP contribution in [0.2, 0.25) is 5.02 Å². The lowest BCUT2D eigenvalue weighted by Gasteiger charge is -2.24. The molecule has 1 heterocycles. The molecule has 0 aromatic heterocycles. The smallest absolute Gasteiger partial charge is 0.276 e. The van der Waals surface area contributed by atoms with E-state index in [2.05, 4.69) is 10.9 Å². The number of ether oxygens (including phenoxy) is 2. The van der Waals surface area contributed by atoms with E-state index in [0.717, 1.165) is 22.4 Å². The largest absolute Gasteiger partial charge is 0.492 e. The Balaban J connectivity index is 1.29. The number of hydrazine groups is 1. The molecule has 0 bridgehead atoms. The van der Waals surface area contributed by atoms with Crippen molar-refractivity contribution in [1.82, 2.24) is 10.9 Å². The molecular weight excluding hydrogens is 416 g/mol. The molecule has 6 nitrogen and oxygen atoms in total. The normalized spacial score (nSPS) is 14.7. The van der Waals surface area contributed by atoms with Crippen molar-refractivity contribution in [3.8, 4) is 22.6 Å². The summed E-state index contributed by atoms with van der Waals surface area (Å²) in [5, 5.41) is 0.588. The topological polar surface area (TPSA) is 76.7 Å². The van der Waals surface area contributed by atoms with Crippen LogP contribution in [0.3, 0.4) is 0 Å². The molecule has 1 aliphatic rings. The zero-order valence-corrected chi connectivity index (χ0v) is 17.4. The maximum absolute atomic E-state index is 12.4. The van der Waals surface area contributed by atoms with Gasteiger partial charge in [-0.15, -0.1) is 0 Å². The van der Waals surface area contributed by atoms with Crippen LogP contribution in [0.5, 0.6) is 11.5 Å². The molecule has 3 aromatic rings. The number of hydrogen-bond donors (Lipinski definition) is 2. The molecule has 0 spiro atoms. The highest BCUT2D eigenvalue weighted by Gasteiger charge is 2.26. The first-order chi connectivity index (χ1) is 15.1. The average molecular weight is 437 g/mol. The summed E-state index contributed by atoms with van der Waals surface area (Å²) >= 11 is 6.02. The van der Waals surface area contributed by atoms with Crippen LogP contribution >= 0.6 is 11.6 Å². The van der Waals surface area contributed by atoms with E-state index >= 15 is 0 Å². The van der Waals surface area contributed by atoms with Crippen LogP contribution in [-0.2, 0) is 16.0 Å². The second-order valence-electron chi connectivity index (χ2n) is 7.15. The Labute approximate surface area is 185 Å². The van der Waals surface area contributed by atoms with Gasteiger partial charge in [-0.3, -0.25) is 20.4 Å². The molecule has 0 saturated carbocycles. The molecule has 1 unspecified atom stereocenters. The molecule has 0 aliphatic carbocycles. The highest BCUT2D eigenvalue weighted by molar-refractivity contribution is 6.30. The molecule has 31 heavy (non-hydrogen) atoms. The van der Waals surface area contributed by atoms with Gasteiger partial charge < -0.3 is 9.47 Å². The zero-order chi connectivity index (χ0) is 21.6. The van der Waals surface area contributed by atoms with E-state index in [9.17, 15) is 9.59 Å². The fraction of sp³-hybridized carbons (Fsp3) is 0.167. The summed E-state index contributed by atoms with van der Waals surface area (Å²) in [5.74, 6) is 0.0957. The predicted molar refractivity (Wildman–Crippen MR) is 118 cm³/mol. The summed E-state index contributed by atoms with van der Waals surface area (Å²) in [6, 6.07) is 22.6. The lowest BCUT2D eigenvalue weighted by molar-refractivity contribution is -0.132. The number of benzene rings is 3. The Hall–Kier alpha value is -3.51. The highest BCUT2D eigenvalue weighted by atomic mass is 35.5. The molecule has 2 amide bonds. The van der Waals surface area contributed by atoms with Crippen molar-refractivity contribution in [2.24, 2.45) is 5.92 Å². The van der Waals surface area contributed by atoms with Gasteiger partial charge in [-0.1, -0.05) is 60.1 Å². The van der Waals surface area contributed by atoms with Crippen molar-refractivity contribution in [1.29, 1.82) is 0 Å². The van der Waals surface area contributed by atoms with E-state index in [4.69, 9.17) is 21.1 Å². The Bertz CT molecular complexity index is 1090. The number of hydrogen-bond acceptors (Lipinski definition) is 4. The van der Waals surface area contributed by atoms with Gasteiger partial charge in [0, 0.05) is 10.6 Å². The Morgan fingerprint density at radius 3 is 2.61 bits per heavy atom. The van der Waals surface area contributed by atoms with Crippen LogP contribution in [0.4, 0.5) is 0 Å². The molecular formula is C24H21ClN2O4. The molecule has 4 rings (SSSR count). The third-order valence-corrected chi connectivity index (χ3v) is 5.19. The van der Waals surface area contributed by atoms with E-state index in [1.165, 1.54) is 0 Å². The summed E-state index contributed by atoms with van der Waals surface area (Å²) in [6.45, 7) is 0.00101. The van der Waals surface area contributed by atoms with Gasteiger partial charge in [0.25, 0.3) is 5.91 Å². The fourth-order valence-corrected chi connectivity index (χ4v) is 3.59. The number of rotatable bonds is 5. The van der Waals surface area contributed by atoms with E-state index in [-0.39, 0.29) is 19.1 Å². The number of halogens is 1. The number of para-hydroxylation sites is 1. The summed E-state index contributed by atoms with van der Waals surface area (Å²) in [6.07, 6.45) is 0.485. The van der Waals surface area contributed by atoms with Gasteiger partial charge in [-0.05, 0) is 41.8 Å². The van der Waals surface area contributed by atoms with Crippen molar-refractivity contribution >= 4 is 23.4 Å². The van der Waals surface area contributed by atoms with Gasteiger partial charge in [0.05, 0.1) is 5.92 Å². The zero-order valence-electron chi connectivity index (χ0n) is 16.6. The number of carbonyl (C=O) groups is 2. The quantitative estimate of drug-likeness (QED) is 0.597. The van der Waals surface area contributed by atoms with Gasteiger partial charge in [-0.2, -0.15) is 0 Å². The third kappa shape index (κ3) is 5.16. The third-order valence-electron chi connectivity index (χ3n) is 4.96. The van der Waals surface area contributed by atoms with Crippen LogP contribution in [0, 0.1) is 5.92 Å². The molecule has 2 N–H and O–H groups in total. The summed E-state index contributed by atoms with van der Waals surface area (Å²) in [7, 11) is 0. The number of fused-ring (bicyclic) bond motifs is 1. The number of carbonyl (C=O) groups excluding carboxylic acids is 2. The summed E-state index contributed by atoms with van der Waals surface area (Å²) in [4.78, 5) is 24.6. The second-order valence-corrected chi connectivity index (χ2v) is 7.59. The average Bonchev–Trinajstić information content (AvgIpc) is 2.81. The minimum absolute atomic E-state index is 0.232. The van der Waals surface area contributed by atoms with Gasteiger partial charge in [0.1, 0.15) is 18.1 Å². The maximum atomic E-state index is 12.4. The molecule has 1 atom stereocenters. The van der Waals surface area contributed by atoms with E-state index in [1.54, 1.807) is 24.3 Å². The first-order valence-corrected chi connectivity index (χ1v) is 10.2. The number of nitrogens with one attached hydrogen (secondary N) is 2. The fourth-order valence-electron chi connectivity index (χ4n) is 3.39. The SMILES string of the molecule is O=C(COc1ccccc1-c1ccccc1)NNC(=O)C1COc2ccc(Cl)cc2C1. The molecule has 0 fully saturated rings. The van der Waals surface area contributed by atoms with Crippen molar-refractivity contribution in [2.45, 2.75) is 6.42 Å². The van der Waals surface area contributed by atoms with Crippen LogP contribution in [0.25, 0.3) is 11.1 Å². The standard InChI is InChI=1S/C24H21ClN2O4/c25-19-10-11-21-17(13-19)12-18(14-30-21)24(29)27-26-23(28)15-31-22-9-5-4-8-20(22)16-6-2-1-3-7-16/h1-11,13,18H,12,14-15H2,(H,26,28)(H,27,29). The van der Waals surface area contributed by atoms with Crippen LogP contribution in [0.1, 0.15) is 5.56 Å². The predicted octanol–water partition coefficient (Wildman–Crippen LogP) is 3.78. The van der Waals surface area contributed by atoms with E-state index < -0.39 is 11.8 Å². The van der Waals surface area contributed by atoms with Crippen LogP contribution in [-0.4, -0.2) is 25.0 Å². The lowest BCUT2D eigenvalue weighted by atomic mass is 9.96. The van der Waals surface area contributed by atoms with Crippen molar-refractivity contribution in [2.75, 3.05) is 13.2 Å². The first kappa shape index (κ1) is 20.8. The molecule has 7 heteroatoms. The van der Waals surface area contributed by atoms with E-state index in [0.29, 0.717) is 17.2 Å². The summed E-state index contributed by atoms with van der Waals surface area (Å²) < 4.78 is 11.3. The lowest BCUT2D eigenvalue weighted by Crippen LogP contribution is -2.48. The second kappa shape index (κ2) is 9.53. The maximum Gasteiger partial charge on any atom is 0.276 e. The Morgan fingerprint density at radius 1 is 1.00 bits per heavy atom.